The molecule has 0 spiro atoms. The summed E-state index contributed by atoms with van der Waals surface area (Å²) in [7, 11) is -3.58. The van der Waals surface area contributed by atoms with Gasteiger partial charge in [-0.15, -0.1) is 0 Å². The first-order valence-electron chi connectivity index (χ1n) is 9.26. The fourth-order valence-corrected chi connectivity index (χ4v) is 5.40. The fraction of sp³-hybridized carbons (Fsp3) is 0.350. The van der Waals surface area contributed by atoms with Gasteiger partial charge in [-0.25, -0.2) is 8.42 Å². The van der Waals surface area contributed by atoms with Crippen LogP contribution in [0, 0.1) is 0 Å². The first-order chi connectivity index (χ1) is 13.3. The number of rotatable bonds is 4. The van der Waals surface area contributed by atoms with Gasteiger partial charge in [0.2, 0.25) is 15.9 Å². The number of halogens is 1. The second-order valence-corrected chi connectivity index (χ2v) is 9.64. The minimum absolute atomic E-state index is 0.0980. The Kier molecular flexibility index (Phi) is 5.18. The maximum Gasteiger partial charge on any atom is 0.243 e. The molecule has 148 valence electrons. The molecule has 2 aliphatic heterocycles. The van der Waals surface area contributed by atoms with Crippen molar-refractivity contribution in [2.24, 2.45) is 0 Å². The molecule has 0 aromatic heterocycles. The average Bonchev–Trinajstić information content (AvgIpc) is 2.96. The molecule has 2 heterocycles. The van der Waals surface area contributed by atoms with E-state index in [9.17, 15) is 13.2 Å². The van der Waals surface area contributed by atoms with Crippen molar-refractivity contribution in [2.75, 3.05) is 31.5 Å². The van der Waals surface area contributed by atoms with Crippen LogP contribution in [0.4, 0.5) is 5.69 Å². The number of sulfonamides is 1. The molecule has 0 aliphatic carbocycles. The molecule has 2 aliphatic rings. The van der Waals surface area contributed by atoms with Crippen molar-refractivity contribution in [3.05, 3.63) is 58.6 Å². The van der Waals surface area contributed by atoms with Gasteiger partial charge in [0.05, 0.1) is 10.8 Å². The quantitative estimate of drug-likeness (QED) is 0.827. The van der Waals surface area contributed by atoms with Crippen molar-refractivity contribution in [1.82, 2.24) is 9.21 Å². The summed E-state index contributed by atoms with van der Waals surface area (Å²) in [6.45, 7) is 4.73. The maximum absolute atomic E-state index is 13.1. The average molecular weight is 420 g/mol. The highest BCUT2D eigenvalue weighted by Crippen LogP contribution is 2.34. The highest BCUT2D eigenvalue weighted by molar-refractivity contribution is 7.89. The number of hydrogen-bond acceptors (Lipinski definition) is 4. The van der Waals surface area contributed by atoms with Crippen molar-refractivity contribution in [2.45, 2.75) is 24.3 Å². The number of carbonyl (C=O) groups excluding carboxylic acids is 1. The molecule has 2 aromatic carbocycles. The predicted octanol–water partition coefficient (Wildman–Crippen LogP) is 2.90. The molecule has 0 unspecified atom stereocenters. The summed E-state index contributed by atoms with van der Waals surface area (Å²) in [5.41, 5.74) is 2.56. The number of benzene rings is 2. The van der Waals surface area contributed by atoms with Gasteiger partial charge < -0.3 is 5.32 Å². The summed E-state index contributed by atoms with van der Waals surface area (Å²) in [6, 6.07) is 12.6. The smallest absolute Gasteiger partial charge is 0.243 e. The van der Waals surface area contributed by atoms with Gasteiger partial charge in [0.15, 0.2) is 0 Å². The monoisotopic (exact) mass is 419 g/mol. The van der Waals surface area contributed by atoms with Gasteiger partial charge in [-0.1, -0.05) is 23.7 Å². The third-order valence-electron chi connectivity index (χ3n) is 5.40. The molecule has 2 aromatic rings. The predicted molar refractivity (Wildman–Crippen MR) is 109 cm³/mol. The number of hydrogen-bond donors (Lipinski definition) is 1. The number of fused-ring (bicyclic) bond motifs is 1. The summed E-state index contributed by atoms with van der Waals surface area (Å²) in [6.07, 6.45) is 0. The third-order valence-corrected chi connectivity index (χ3v) is 7.53. The van der Waals surface area contributed by atoms with E-state index in [-0.39, 0.29) is 16.7 Å². The molecule has 0 bridgehead atoms. The number of nitrogens with zero attached hydrogens (tertiary/aromatic N) is 2. The van der Waals surface area contributed by atoms with E-state index < -0.39 is 10.0 Å². The molecule has 6 nitrogen and oxygen atoms in total. The van der Waals surface area contributed by atoms with Crippen LogP contribution in [0.3, 0.4) is 0 Å². The number of amides is 1. The molecular formula is C20H22ClN3O3S. The number of carbonyl (C=O) groups is 1. The zero-order valence-electron chi connectivity index (χ0n) is 15.6. The van der Waals surface area contributed by atoms with E-state index in [4.69, 9.17) is 11.6 Å². The number of piperazine rings is 1. The van der Waals surface area contributed by atoms with Crippen LogP contribution in [0.15, 0.2) is 47.4 Å². The van der Waals surface area contributed by atoms with Crippen molar-refractivity contribution in [1.29, 1.82) is 0 Å². The lowest BCUT2D eigenvalue weighted by Gasteiger charge is -2.34. The highest BCUT2D eigenvalue weighted by Gasteiger charge is 2.32. The summed E-state index contributed by atoms with van der Waals surface area (Å²) in [5, 5.41) is 3.48. The van der Waals surface area contributed by atoms with Gasteiger partial charge in [-0.3, -0.25) is 9.69 Å². The Morgan fingerprint density at radius 3 is 2.57 bits per heavy atom. The van der Waals surface area contributed by atoms with Crippen LogP contribution in [0.25, 0.3) is 0 Å². The molecule has 1 saturated heterocycles. The van der Waals surface area contributed by atoms with E-state index in [2.05, 4.69) is 10.2 Å². The van der Waals surface area contributed by atoms with Crippen LogP contribution in [0.5, 0.6) is 0 Å². The largest absolute Gasteiger partial charge is 0.325 e. The Bertz CT molecular complexity index is 1020. The molecule has 8 heteroatoms. The lowest BCUT2D eigenvalue weighted by atomic mass is 10.0. The van der Waals surface area contributed by atoms with E-state index in [1.165, 1.54) is 4.31 Å². The standard InChI is InChI=1S/C20H22ClN3O3S/c1-14-18-12-17(5-6-19(18)22-20(14)25)28(26,27)24-9-7-23(8-10-24)13-15-3-2-4-16(21)11-15/h2-6,11-12,14H,7-10,13H2,1H3,(H,22,25)/t14-/m0/s1. The lowest BCUT2D eigenvalue weighted by Crippen LogP contribution is -2.48. The van der Waals surface area contributed by atoms with Crippen LogP contribution >= 0.6 is 11.6 Å². The molecule has 1 atom stereocenters. The molecule has 0 saturated carbocycles. The summed E-state index contributed by atoms with van der Waals surface area (Å²) in [4.78, 5) is 14.3. The fourth-order valence-electron chi connectivity index (χ4n) is 3.73. The molecule has 0 radical (unpaired) electrons. The summed E-state index contributed by atoms with van der Waals surface area (Å²) >= 11 is 6.04. The molecule has 4 rings (SSSR count). The minimum atomic E-state index is -3.58. The first-order valence-corrected chi connectivity index (χ1v) is 11.1. The third kappa shape index (κ3) is 3.67. The molecule has 1 N–H and O–H groups in total. The van der Waals surface area contributed by atoms with E-state index >= 15 is 0 Å². The first kappa shape index (κ1) is 19.4. The Labute approximate surface area is 170 Å². The summed E-state index contributed by atoms with van der Waals surface area (Å²) < 4.78 is 27.7. The zero-order valence-corrected chi connectivity index (χ0v) is 17.1. The van der Waals surface area contributed by atoms with Gasteiger partial charge in [-0.2, -0.15) is 4.31 Å². The van der Waals surface area contributed by atoms with Gasteiger partial charge in [0.25, 0.3) is 0 Å². The van der Waals surface area contributed by atoms with E-state index in [0.717, 1.165) is 17.7 Å². The molecule has 1 amide bonds. The van der Waals surface area contributed by atoms with E-state index in [1.807, 2.05) is 24.3 Å². The second-order valence-electron chi connectivity index (χ2n) is 7.27. The zero-order chi connectivity index (χ0) is 19.9. The van der Waals surface area contributed by atoms with Crippen LogP contribution in [-0.2, 0) is 21.4 Å². The SMILES string of the molecule is C[C@@H]1C(=O)Nc2ccc(S(=O)(=O)N3CCN(Cc4cccc(Cl)c4)CC3)cc21. The van der Waals surface area contributed by atoms with Crippen molar-refractivity contribution in [3.8, 4) is 0 Å². The molecule has 28 heavy (non-hydrogen) atoms. The van der Waals surface area contributed by atoms with E-state index in [1.54, 1.807) is 25.1 Å². The summed E-state index contributed by atoms with van der Waals surface area (Å²) in [5.74, 6) is -0.432. The normalized spacial score (nSPS) is 20.8. The van der Waals surface area contributed by atoms with E-state index in [0.29, 0.717) is 36.9 Å². The maximum atomic E-state index is 13.1. The lowest BCUT2D eigenvalue weighted by molar-refractivity contribution is -0.116. The van der Waals surface area contributed by atoms with Gasteiger partial charge in [-0.05, 0) is 48.4 Å². The van der Waals surface area contributed by atoms with Crippen LogP contribution in [-0.4, -0.2) is 49.7 Å². The van der Waals surface area contributed by atoms with Crippen LogP contribution < -0.4 is 5.32 Å². The Hall–Kier alpha value is -1.93. The minimum Gasteiger partial charge on any atom is -0.325 e. The Balaban J connectivity index is 1.45. The van der Waals surface area contributed by atoms with Gasteiger partial charge in [0, 0.05) is 43.4 Å². The van der Waals surface area contributed by atoms with Crippen molar-refractivity contribution in [3.63, 3.8) is 0 Å². The second kappa shape index (κ2) is 7.48. The number of anilines is 1. The van der Waals surface area contributed by atoms with Crippen LogP contribution in [0.2, 0.25) is 5.02 Å². The van der Waals surface area contributed by atoms with Crippen molar-refractivity contribution >= 4 is 33.2 Å². The Morgan fingerprint density at radius 1 is 1.11 bits per heavy atom. The molecule has 1 fully saturated rings. The molecular weight excluding hydrogens is 398 g/mol. The van der Waals surface area contributed by atoms with Crippen LogP contribution in [0.1, 0.15) is 24.0 Å². The van der Waals surface area contributed by atoms with Crippen molar-refractivity contribution < 1.29 is 13.2 Å². The van der Waals surface area contributed by atoms with Gasteiger partial charge in [0.1, 0.15) is 0 Å². The highest BCUT2D eigenvalue weighted by atomic mass is 35.5. The topological polar surface area (TPSA) is 69.7 Å². The number of nitrogens with one attached hydrogen (secondary N) is 1. The Morgan fingerprint density at radius 2 is 1.86 bits per heavy atom. The van der Waals surface area contributed by atoms with Gasteiger partial charge >= 0.3 is 0 Å².